The van der Waals surface area contributed by atoms with Crippen molar-refractivity contribution in [1.29, 1.82) is 0 Å². The third-order valence-corrected chi connectivity index (χ3v) is 7.10. The molecule has 0 bridgehead atoms. The zero-order chi connectivity index (χ0) is 23.8. The van der Waals surface area contributed by atoms with Crippen LogP contribution in [0.1, 0.15) is 24.5 Å². The van der Waals surface area contributed by atoms with Crippen molar-refractivity contribution in [2.75, 3.05) is 23.8 Å². The summed E-state index contributed by atoms with van der Waals surface area (Å²) >= 11 is 3.38. The standard InChI is InChI=1S/C23H28BrN5O3S/c1-16-10-11-19(28-23-25-14-20(24)22(29-23)27-17(2)15-30)13-21(16)33(31,32)26-12-6-9-18-7-4-3-5-8-18/h3-5,7-8,10-11,13-14,17,26,30H,6,9,12,15H2,1-2H3,(H2,25,27,28,29)/t17-/m1/s1. The Balaban J connectivity index is 1.69. The molecule has 3 rings (SSSR count). The van der Waals surface area contributed by atoms with E-state index in [1.54, 1.807) is 31.3 Å². The van der Waals surface area contributed by atoms with Crippen LogP contribution in [0.2, 0.25) is 0 Å². The van der Waals surface area contributed by atoms with Gasteiger partial charge in [-0.05, 0) is 65.9 Å². The van der Waals surface area contributed by atoms with Crippen molar-refractivity contribution < 1.29 is 13.5 Å². The second-order valence-corrected chi connectivity index (χ2v) is 10.3. The van der Waals surface area contributed by atoms with Gasteiger partial charge in [-0.2, -0.15) is 4.98 Å². The third kappa shape index (κ3) is 7.23. The van der Waals surface area contributed by atoms with Crippen LogP contribution < -0.4 is 15.4 Å². The SMILES string of the molecule is Cc1ccc(Nc2ncc(Br)c(N[C@H](C)CO)n2)cc1S(=O)(=O)NCCCc1ccccc1. The van der Waals surface area contributed by atoms with E-state index in [-0.39, 0.29) is 17.5 Å². The fraction of sp³-hybridized carbons (Fsp3) is 0.304. The van der Waals surface area contributed by atoms with Gasteiger partial charge in [0.1, 0.15) is 5.82 Å². The first kappa shape index (κ1) is 25.1. The first-order valence-corrected chi connectivity index (χ1v) is 12.9. The van der Waals surface area contributed by atoms with Crippen molar-refractivity contribution in [2.45, 2.75) is 37.6 Å². The highest BCUT2D eigenvalue weighted by Crippen LogP contribution is 2.25. The van der Waals surface area contributed by atoms with Crippen LogP contribution in [0.3, 0.4) is 0 Å². The van der Waals surface area contributed by atoms with Crippen molar-refractivity contribution in [1.82, 2.24) is 14.7 Å². The van der Waals surface area contributed by atoms with Gasteiger partial charge in [0.15, 0.2) is 0 Å². The van der Waals surface area contributed by atoms with Crippen molar-refractivity contribution in [2.24, 2.45) is 0 Å². The van der Waals surface area contributed by atoms with Crippen LogP contribution in [-0.2, 0) is 16.4 Å². The van der Waals surface area contributed by atoms with Crippen LogP contribution >= 0.6 is 15.9 Å². The van der Waals surface area contributed by atoms with Crippen molar-refractivity contribution in [3.63, 3.8) is 0 Å². The molecule has 10 heteroatoms. The molecule has 0 saturated carbocycles. The van der Waals surface area contributed by atoms with E-state index in [9.17, 15) is 13.5 Å². The molecule has 0 unspecified atom stereocenters. The summed E-state index contributed by atoms with van der Waals surface area (Å²) in [5, 5.41) is 15.4. The first-order valence-electron chi connectivity index (χ1n) is 10.6. The molecular weight excluding hydrogens is 506 g/mol. The van der Waals surface area contributed by atoms with Gasteiger partial charge < -0.3 is 15.7 Å². The number of nitrogens with one attached hydrogen (secondary N) is 3. The minimum atomic E-state index is -3.67. The fourth-order valence-corrected chi connectivity index (χ4v) is 4.77. The monoisotopic (exact) mass is 533 g/mol. The van der Waals surface area contributed by atoms with Gasteiger partial charge in [0.05, 0.1) is 16.0 Å². The van der Waals surface area contributed by atoms with Gasteiger partial charge in [0.25, 0.3) is 0 Å². The molecule has 0 amide bonds. The fourth-order valence-electron chi connectivity index (χ4n) is 3.13. The lowest BCUT2D eigenvalue weighted by Gasteiger charge is -2.15. The number of anilines is 3. The molecule has 0 aliphatic carbocycles. The minimum Gasteiger partial charge on any atom is -0.394 e. The van der Waals surface area contributed by atoms with E-state index in [1.807, 2.05) is 37.3 Å². The topological polar surface area (TPSA) is 116 Å². The number of aryl methyl sites for hydroxylation is 2. The lowest BCUT2D eigenvalue weighted by atomic mass is 10.1. The highest BCUT2D eigenvalue weighted by atomic mass is 79.9. The molecule has 3 aromatic rings. The minimum absolute atomic E-state index is 0.0449. The summed E-state index contributed by atoms with van der Waals surface area (Å²) in [5.41, 5.74) is 2.37. The third-order valence-electron chi connectivity index (χ3n) is 4.91. The van der Waals surface area contributed by atoms with Crippen LogP contribution in [-0.4, -0.2) is 42.7 Å². The maximum atomic E-state index is 12.9. The molecule has 1 atom stereocenters. The molecule has 0 radical (unpaired) electrons. The lowest BCUT2D eigenvalue weighted by Crippen LogP contribution is -2.26. The molecule has 176 valence electrons. The average Bonchev–Trinajstić information content (AvgIpc) is 2.80. The van der Waals surface area contributed by atoms with Crippen LogP contribution in [0.5, 0.6) is 0 Å². The predicted molar refractivity (Wildman–Crippen MR) is 134 cm³/mol. The molecule has 0 fully saturated rings. The maximum Gasteiger partial charge on any atom is 0.240 e. The summed E-state index contributed by atoms with van der Waals surface area (Å²) in [6.45, 7) is 3.89. The van der Waals surface area contributed by atoms with E-state index in [0.29, 0.717) is 40.5 Å². The molecule has 0 saturated heterocycles. The molecule has 0 aliphatic rings. The number of aromatic nitrogens is 2. The van der Waals surface area contributed by atoms with Gasteiger partial charge in [0, 0.05) is 24.5 Å². The molecule has 8 nitrogen and oxygen atoms in total. The predicted octanol–water partition coefficient (Wildman–Crippen LogP) is 3.99. The molecule has 33 heavy (non-hydrogen) atoms. The summed E-state index contributed by atoms with van der Waals surface area (Å²) in [7, 11) is -3.67. The number of aliphatic hydroxyl groups excluding tert-OH is 1. The number of benzene rings is 2. The Morgan fingerprint density at radius 2 is 1.91 bits per heavy atom. The number of nitrogens with zero attached hydrogens (tertiary/aromatic N) is 2. The van der Waals surface area contributed by atoms with Crippen LogP contribution in [0.25, 0.3) is 0 Å². The van der Waals surface area contributed by atoms with E-state index in [4.69, 9.17) is 0 Å². The quantitative estimate of drug-likeness (QED) is 0.275. The second kappa shape index (κ2) is 11.6. The number of sulfonamides is 1. The number of hydrogen-bond acceptors (Lipinski definition) is 7. The maximum absolute atomic E-state index is 12.9. The largest absolute Gasteiger partial charge is 0.394 e. The highest BCUT2D eigenvalue weighted by molar-refractivity contribution is 9.10. The Morgan fingerprint density at radius 3 is 2.64 bits per heavy atom. The zero-order valence-electron chi connectivity index (χ0n) is 18.5. The number of hydrogen-bond donors (Lipinski definition) is 4. The summed E-state index contributed by atoms with van der Waals surface area (Å²) in [4.78, 5) is 8.84. The van der Waals surface area contributed by atoms with Crippen LogP contribution in [0.4, 0.5) is 17.5 Å². The first-order chi connectivity index (χ1) is 15.8. The molecule has 4 N–H and O–H groups in total. The number of aliphatic hydroxyl groups is 1. The van der Waals surface area contributed by atoms with E-state index < -0.39 is 10.0 Å². The van der Waals surface area contributed by atoms with Crippen LogP contribution in [0.15, 0.2) is 64.1 Å². The Hall–Kier alpha value is -2.53. The average molecular weight is 534 g/mol. The molecule has 1 heterocycles. The van der Waals surface area contributed by atoms with E-state index in [1.165, 1.54) is 5.56 Å². The summed E-state index contributed by atoms with van der Waals surface area (Å²) < 4.78 is 29.2. The molecule has 0 aliphatic heterocycles. The summed E-state index contributed by atoms with van der Waals surface area (Å²) in [6, 6.07) is 14.9. The normalized spacial score (nSPS) is 12.4. The number of halogens is 1. The smallest absolute Gasteiger partial charge is 0.240 e. The van der Waals surface area contributed by atoms with Gasteiger partial charge in [-0.25, -0.2) is 18.1 Å². The van der Waals surface area contributed by atoms with E-state index >= 15 is 0 Å². The second-order valence-electron chi connectivity index (χ2n) is 7.71. The lowest BCUT2D eigenvalue weighted by molar-refractivity contribution is 0.281. The molecule has 0 spiro atoms. The molecule has 2 aromatic carbocycles. The molecular formula is C23H28BrN5O3S. The van der Waals surface area contributed by atoms with Crippen molar-refractivity contribution >= 4 is 43.4 Å². The van der Waals surface area contributed by atoms with Gasteiger partial charge in [-0.3, -0.25) is 0 Å². The zero-order valence-corrected chi connectivity index (χ0v) is 20.9. The van der Waals surface area contributed by atoms with Gasteiger partial charge in [0.2, 0.25) is 16.0 Å². The van der Waals surface area contributed by atoms with E-state index in [2.05, 4.69) is 41.3 Å². The summed E-state index contributed by atoms with van der Waals surface area (Å²) in [5.74, 6) is 0.822. The van der Waals surface area contributed by atoms with Gasteiger partial charge >= 0.3 is 0 Å². The van der Waals surface area contributed by atoms with Crippen molar-refractivity contribution in [3.8, 4) is 0 Å². The highest BCUT2D eigenvalue weighted by Gasteiger charge is 2.17. The van der Waals surface area contributed by atoms with Crippen molar-refractivity contribution in [3.05, 3.63) is 70.3 Å². The molecule has 1 aromatic heterocycles. The summed E-state index contributed by atoms with van der Waals surface area (Å²) in [6.07, 6.45) is 3.09. The van der Waals surface area contributed by atoms with E-state index in [0.717, 1.165) is 6.42 Å². The van der Waals surface area contributed by atoms with Gasteiger partial charge in [-0.15, -0.1) is 0 Å². The Labute approximate surface area is 203 Å². The Bertz CT molecular complexity index is 1180. The van der Waals surface area contributed by atoms with Crippen LogP contribution in [0, 0.1) is 6.92 Å². The Morgan fingerprint density at radius 1 is 1.15 bits per heavy atom. The Kier molecular flexibility index (Phi) is 8.79. The number of rotatable bonds is 11. The van der Waals surface area contributed by atoms with Gasteiger partial charge in [-0.1, -0.05) is 36.4 Å².